The van der Waals surface area contributed by atoms with Crippen LogP contribution in [0.5, 0.6) is 11.5 Å². The largest absolute Gasteiger partial charge is 0.493 e. The van der Waals surface area contributed by atoms with Gasteiger partial charge in [0.05, 0.1) is 20.2 Å². The molecule has 0 atom stereocenters. The third-order valence-electron chi connectivity index (χ3n) is 3.73. The molecular formula is C18H19F2N3O4. The minimum atomic E-state index is -2.94. The highest BCUT2D eigenvalue weighted by atomic mass is 19.3. The Labute approximate surface area is 154 Å². The predicted octanol–water partition coefficient (Wildman–Crippen LogP) is 3.88. The van der Waals surface area contributed by atoms with Crippen LogP contribution in [0.15, 0.2) is 39.3 Å². The molecule has 3 rings (SSSR count). The lowest BCUT2D eigenvalue weighted by Crippen LogP contribution is -2.17. The molecule has 0 saturated heterocycles. The van der Waals surface area contributed by atoms with Crippen molar-refractivity contribution in [3.05, 3.63) is 47.7 Å². The van der Waals surface area contributed by atoms with Crippen molar-refractivity contribution in [2.24, 2.45) is 0 Å². The molecule has 0 N–H and O–H groups in total. The van der Waals surface area contributed by atoms with E-state index in [-0.39, 0.29) is 11.5 Å². The highest BCUT2D eigenvalue weighted by Gasteiger charge is 2.16. The average Bonchev–Trinajstić information content (AvgIpc) is 3.24. The van der Waals surface area contributed by atoms with Crippen LogP contribution in [-0.2, 0) is 13.1 Å². The molecule has 2 heterocycles. The second-order valence-electron chi connectivity index (χ2n) is 5.94. The number of hydrogen-bond acceptors (Lipinski definition) is 7. The van der Waals surface area contributed by atoms with Gasteiger partial charge in [-0.3, -0.25) is 4.90 Å². The number of furan rings is 1. The lowest BCUT2D eigenvalue weighted by atomic mass is 10.2. The van der Waals surface area contributed by atoms with Gasteiger partial charge in [-0.2, -0.15) is 13.8 Å². The molecule has 0 saturated carbocycles. The summed E-state index contributed by atoms with van der Waals surface area (Å²) in [6.07, 6.45) is 0. The Morgan fingerprint density at radius 2 is 1.96 bits per heavy atom. The zero-order valence-electron chi connectivity index (χ0n) is 15.1. The van der Waals surface area contributed by atoms with Crippen LogP contribution in [0.4, 0.5) is 8.78 Å². The Kier molecular flexibility index (Phi) is 5.70. The Balaban J connectivity index is 1.69. The molecule has 0 amide bonds. The number of rotatable bonds is 8. The van der Waals surface area contributed by atoms with Gasteiger partial charge in [-0.1, -0.05) is 5.16 Å². The van der Waals surface area contributed by atoms with Crippen molar-refractivity contribution in [3.63, 3.8) is 0 Å². The van der Waals surface area contributed by atoms with Crippen LogP contribution in [-0.4, -0.2) is 35.8 Å². The van der Waals surface area contributed by atoms with Gasteiger partial charge >= 0.3 is 6.61 Å². The minimum Gasteiger partial charge on any atom is -0.493 e. The standard InChI is InChI=1S/C18H19F2N3O4/c1-11-4-6-13(25-11)9-23(2)10-16-21-17(22-27-16)12-5-7-14(26-18(19)20)15(8-12)24-3/h4-8,18H,9-10H2,1-3H3. The Bertz CT molecular complexity index is 894. The van der Waals surface area contributed by atoms with Crippen molar-refractivity contribution in [3.8, 4) is 22.9 Å². The number of halogens is 2. The molecule has 27 heavy (non-hydrogen) atoms. The Morgan fingerprint density at radius 3 is 2.63 bits per heavy atom. The maximum Gasteiger partial charge on any atom is 0.387 e. The van der Waals surface area contributed by atoms with E-state index in [0.717, 1.165) is 11.5 Å². The lowest BCUT2D eigenvalue weighted by Gasteiger charge is -2.11. The van der Waals surface area contributed by atoms with Crippen molar-refractivity contribution >= 4 is 0 Å². The van der Waals surface area contributed by atoms with Crippen molar-refractivity contribution in [1.82, 2.24) is 15.0 Å². The van der Waals surface area contributed by atoms with Gasteiger partial charge in [-0.25, -0.2) is 0 Å². The normalized spacial score (nSPS) is 11.4. The molecular weight excluding hydrogens is 360 g/mol. The Morgan fingerprint density at radius 1 is 1.15 bits per heavy atom. The third-order valence-corrected chi connectivity index (χ3v) is 3.73. The van der Waals surface area contributed by atoms with Crippen molar-refractivity contribution in [1.29, 1.82) is 0 Å². The van der Waals surface area contributed by atoms with E-state index >= 15 is 0 Å². The molecule has 0 aliphatic rings. The summed E-state index contributed by atoms with van der Waals surface area (Å²) in [7, 11) is 3.27. The van der Waals surface area contributed by atoms with Gasteiger partial charge in [0.25, 0.3) is 0 Å². The van der Waals surface area contributed by atoms with E-state index in [1.165, 1.54) is 19.2 Å². The van der Waals surface area contributed by atoms with E-state index in [9.17, 15) is 8.78 Å². The number of hydrogen-bond donors (Lipinski definition) is 0. The zero-order chi connectivity index (χ0) is 19.4. The number of benzene rings is 1. The molecule has 1 aromatic carbocycles. The number of aryl methyl sites for hydroxylation is 1. The van der Waals surface area contributed by atoms with Crippen LogP contribution in [0.25, 0.3) is 11.4 Å². The molecule has 0 spiro atoms. The van der Waals surface area contributed by atoms with Gasteiger partial charge < -0.3 is 18.4 Å². The third kappa shape index (κ3) is 4.82. The highest BCUT2D eigenvalue weighted by molar-refractivity contribution is 5.60. The van der Waals surface area contributed by atoms with Gasteiger partial charge in [0.2, 0.25) is 11.7 Å². The van der Waals surface area contributed by atoms with Crippen LogP contribution in [0.1, 0.15) is 17.4 Å². The van der Waals surface area contributed by atoms with Crippen LogP contribution in [0, 0.1) is 6.92 Å². The minimum absolute atomic E-state index is 0.0616. The fourth-order valence-electron chi connectivity index (χ4n) is 2.56. The molecule has 0 bridgehead atoms. The molecule has 0 radical (unpaired) electrons. The molecule has 3 aromatic rings. The summed E-state index contributed by atoms with van der Waals surface area (Å²) in [4.78, 5) is 6.31. The van der Waals surface area contributed by atoms with E-state index in [1.54, 1.807) is 6.07 Å². The topological polar surface area (TPSA) is 73.8 Å². The number of alkyl halides is 2. The molecule has 144 valence electrons. The van der Waals surface area contributed by atoms with Gasteiger partial charge in [0.15, 0.2) is 11.5 Å². The van der Waals surface area contributed by atoms with E-state index in [0.29, 0.717) is 30.4 Å². The Hall–Kier alpha value is -2.94. The zero-order valence-corrected chi connectivity index (χ0v) is 15.1. The smallest absolute Gasteiger partial charge is 0.387 e. The molecule has 0 aliphatic carbocycles. The first-order chi connectivity index (χ1) is 12.9. The quantitative estimate of drug-likeness (QED) is 0.588. The fourth-order valence-corrected chi connectivity index (χ4v) is 2.56. The monoisotopic (exact) mass is 379 g/mol. The van der Waals surface area contributed by atoms with Crippen LogP contribution < -0.4 is 9.47 Å². The second kappa shape index (κ2) is 8.17. The SMILES string of the molecule is COc1cc(-c2noc(CN(C)Cc3ccc(C)o3)n2)ccc1OC(F)F. The molecule has 9 heteroatoms. The predicted molar refractivity (Wildman–Crippen MR) is 91.5 cm³/mol. The van der Waals surface area contributed by atoms with Crippen molar-refractivity contribution in [2.45, 2.75) is 26.6 Å². The van der Waals surface area contributed by atoms with Crippen LogP contribution in [0.3, 0.4) is 0 Å². The number of nitrogens with zero attached hydrogens (tertiary/aromatic N) is 3. The first-order valence-electron chi connectivity index (χ1n) is 8.14. The summed E-state index contributed by atoms with van der Waals surface area (Å²) < 4.78 is 45.1. The molecule has 0 fully saturated rings. The maximum atomic E-state index is 12.4. The fraction of sp³-hybridized carbons (Fsp3) is 0.333. The van der Waals surface area contributed by atoms with Gasteiger partial charge in [-0.05, 0) is 44.3 Å². The molecule has 7 nitrogen and oxygen atoms in total. The van der Waals surface area contributed by atoms with E-state index in [1.807, 2.05) is 31.0 Å². The van der Waals surface area contributed by atoms with Gasteiger partial charge in [-0.15, -0.1) is 0 Å². The van der Waals surface area contributed by atoms with Crippen molar-refractivity contribution in [2.75, 3.05) is 14.2 Å². The second-order valence-corrected chi connectivity index (χ2v) is 5.94. The molecule has 0 unspecified atom stereocenters. The summed E-state index contributed by atoms with van der Waals surface area (Å²) in [5, 5.41) is 3.94. The highest BCUT2D eigenvalue weighted by Crippen LogP contribution is 2.32. The summed E-state index contributed by atoms with van der Waals surface area (Å²) in [5.41, 5.74) is 0.563. The van der Waals surface area contributed by atoms with Gasteiger partial charge in [0.1, 0.15) is 11.5 Å². The molecule has 2 aromatic heterocycles. The van der Waals surface area contributed by atoms with E-state index in [2.05, 4.69) is 14.9 Å². The number of ether oxygens (including phenoxy) is 2. The summed E-state index contributed by atoms with van der Waals surface area (Å²) in [6.45, 7) is -0.0233. The number of aromatic nitrogens is 2. The summed E-state index contributed by atoms with van der Waals surface area (Å²) >= 11 is 0. The lowest BCUT2D eigenvalue weighted by molar-refractivity contribution is -0.0512. The molecule has 0 aliphatic heterocycles. The first-order valence-corrected chi connectivity index (χ1v) is 8.14. The van der Waals surface area contributed by atoms with Crippen LogP contribution in [0.2, 0.25) is 0 Å². The van der Waals surface area contributed by atoms with E-state index in [4.69, 9.17) is 13.7 Å². The first kappa shape index (κ1) is 18.8. The summed E-state index contributed by atoms with van der Waals surface area (Å²) in [6, 6.07) is 8.27. The van der Waals surface area contributed by atoms with Crippen molar-refractivity contribution < 1.29 is 27.2 Å². The van der Waals surface area contributed by atoms with Gasteiger partial charge in [0, 0.05) is 5.56 Å². The van der Waals surface area contributed by atoms with E-state index < -0.39 is 6.61 Å². The summed E-state index contributed by atoms with van der Waals surface area (Å²) in [5.74, 6) is 2.54. The van der Waals surface area contributed by atoms with Crippen LogP contribution >= 0.6 is 0 Å². The maximum absolute atomic E-state index is 12.4. The average molecular weight is 379 g/mol. The number of methoxy groups -OCH3 is 1.